The van der Waals surface area contributed by atoms with Crippen LogP contribution in [0.4, 0.5) is 0 Å². The summed E-state index contributed by atoms with van der Waals surface area (Å²) in [4.78, 5) is 26.3. The molecular weight excluding hydrogens is 637 g/mol. The SMILES string of the molecule is CCOc1cc(/C=N\NC(=O)[C@H](Cc2ccccc2)NC(=O)[C@@H](C)Oc2ccc(Cl)cc2Cl)ccc1OCc1ccc(Cl)cc1. The first kappa shape index (κ1) is 33.6. The van der Waals surface area contributed by atoms with Gasteiger partial charge in [0, 0.05) is 16.5 Å². The van der Waals surface area contributed by atoms with Crippen LogP contribution < -0.4 is 25.0 Å². The van der Waals surface area contributed by atoms with Gasteiger partial charge in [-0.1, -0.05) is 77.3 Å². The van der Waals surface area contributed by atoms with Gasteiger partial charge in [-0.25, -0.2) is 5.43 Å². The number of carbonyl (C=O) groups is 2. The molecule has 0 unspecified atom stereocenters. The van der Waals surface area contributed by atoms with E-state index in [2.05, 4.69) is 15.8 Å². The predicted octanol–water partition coefficient (Wildman–Crippen LogP) is 7.27. The molecule has 8 nitrogen and oxygen atoms in total. The van der Waals surface area contributed by atoms with Crippen LogP contribution in [0.5, 0.6) is 17.2 Å². The van der Waals surface area contributed by atoms with Gasteiger partial charge in [-0.3, -0.25) is 9.59 Å². The van der Waals surface area contributed by atoms with Gasteiger partial charge in [-0.2, -0.15) is 5.10 Å². The maximum absolute atomic E-state index is 13.2. The number of hydrazone groups is 1. The second-order valence-corrected chi connectivity index (χ2v) is 11.2. The molecule has 0 radical (unpaired) electrons. The lowest BCUT2D eigenvalue weighted by molar-refractivity contribution is -0.132. The minimum Gasteiger partial charge on any atom is -0.490 e. The summed E-state index contributed by atoms with van der Waals surface area (Å²) in [5.74, 6) is 0.385. The molecular formula is C34H32Cl3N3O5. The standard InChI is InChI=1S/C34H32Cl3N3O5/c1-3-43-32-18-25(11-15-31(32)44-21-24-9-12-26(35)13-10-24)20-38-40-34(42)29(17-23-7-5-4-6-8-23)39-33(41)22(2)45-30-16-14-27(36)19-28(30)37/h4-16,18-20,22,29H,3,17,21H2,1-2H3,(H,39,41)(H,40,42)/b38-20-/t22-,29+/m1/s1. The molecule has 0 heterocycles. The number of nitrogens with zero attached hydrogens (tertiary/aromatic N) is 1. The number of benzene rings is 4. The Hall–Kier alpha value is -4.24. The molecule has 0 bridgehead atoms. The molecule has 234 valence electrons. The van der Waals surface area contributed by atoms with Crippen LogP contribution in [-0.2, 0) is 22.6 Å². The van der Waals surface area contributed by atoms with Crippen molar-refractivity contribution in [2.45, 2.75) is 39.0 Å². The van der Waals surface area contributed by atoms with E-state index in [9.17, 15) is 9.59 Å². The molecule has 0 fully saturated rings. The van der Waals surface area contributed by atoms with E-state index in [0.717, 1.165) is 11.1 Å². The average Bonchev–Trinajstić information content (AvgIpc) is 3.03. The number of hydrogen-bond donors (Lipinski definition) is 2. The van der Waals surface area contributed by atoms with E-state index in [1.807, 2.05) is 49.4 Å². The number of ether oxygens (including phenoxy) is 3. The monoisotopic (exact) mass is 667 g/mol. The Labute approximate surface area is 277 Å². The van der Waals surface area contributed by atoms with Crippen molar-refractivity contribution >= 4 is 52.8 Å². The summed E-state index contributed by atoms with van der Waals surface area (Å²) in [5, 5.41) is 8.26. The molecule has 0 aliphatic heterocycles. The van der Waals surface area contributed by atoms with E-state index in [4.69, 9.17) is 49.0 Å². The fourth-order valence-electron chi connectivity index (χ4n) is 4.15. The van der Waals surface area contributed by atoms with E-state index >= 15 is 0 Å². The van der Waals surface area contributed by atoms with Gasteiger partial charge in [0.15, 0.2) is 17.6 Å². The molecule has 4 aromatic rings. The van der Waals surface area contributed by atoms with Gasteiger partial charge in [0.1, 0.15) is 18.4 Å². The lowest BCUT2D eigenvalue weighted by Gasteiger charge is -2.21. The zero-order valence-electron chi connectivity index (χ0n) is 24.6. The number of amides is 2. The normalized spacial score (nSPS) is 12.3. The molecule has 4 aromatic carbocycles. The molecule has 45 heavy (non-hydrogen) atoms. The summed E-state index contributed by atoms with van der Waals surface area (Å²) in [6, 6.07) is 25.8. The first-order valence-electron chi connectivity index (χ1n) is 14.1. The topological polar surface area (TPSA) is 98.2 Å². The lowest BCUT2D eigenvalue weighted by Crippen LogP contribution is -2.50. The highest BCUT2D eigenvalue weighted by Gasteiger charge is 2.25. The third-order valence-electron chi connectivity index (χ3n) is 6.45. The first-order valence-corrected chi connectivity index (χ1v) is 15.3. The Kier molecular flexibility index (Phi) is 12.5. The summed E-state index contributed by atoms with van der Waals surface area (Å²) >= 11 is 18.1. The van der Waals surface area contributed by atoms with Crippen molar-refractivity contribution in [3.05, 3.63) is 123 Å². The van der Waals surface area contributed by atoms with Crippen molar-refractivity contribution in [2.24, 2.45) is 5.10 Å². The van der Waals surface area contributed by atoms with Gasteiger partial charge < -0.3 is 19.5 Å². The molecule has 2 atom stereocenters. The number of carbonyl (C=O) groups excluding carboxylic acids is 2. The number of halogens is 3. The zero-order valence-corrected chi connectivity index (χ0v) is 26.9. The Morgan fingerprint density at radius 3 is 2.22 bits per heavy atom. The molecule has 4 rings (SSSR count). The first-order chi connectivity index (χ1) is 21.7. The van der Waals surface area contributed by atoms with E-state index in [-0.39, 0.29) is 11.4 Å². The van der Waals surface area contributed by atoms with Gasteiger partial charge >= 0.3 is 0 Å². The van der Waals surface area contributed by atoms with Crippen molar-refractivity contribution in [1.29, 1.82) is 0 Å². The molecule has 11 heteroatoms. The smallest absolute Gasteiger partial charge is 0.262 e. The average molecular weight is 669 g/mol. The van der Waals surface area contributed by atoms with E-state index < -0.39 is 24.0 Å². The minimum atomic E-state index is -0.948. The number of hydrogen-bond acceptors (Lipinski definition) is 6. The van der Waals surface area contributed by atoms with Crippen LogP contribution in [0.1, 0.15) is 30.5 Å². The third-order valence-corrected chi connectivity index (χ3v) is 7.23. The highest BCUT2D eigenvalue weighted by atomic mass is 35.5. The fraction of sp³-hybridized carbons (Fsp3) is 0.206. The summed E-state index contributed by atoms with van der Waals surface area (Å²) in [6.07, 6.45) is 0.769. The molecule has 0 saturated carbocycles. The number of rotatable bonds is 14. The summed E-state index contributed by atoms with van der Waals surface area (Å²) < 4.78 is 17.5. The van der Waals surface area contributed by atoms with E-state index in [1.165, 1.54) is 12.3 Å². The maximum Gasteiger partial charge on any atom is 0.262 e. The zero-order chi connectivity index (χ0) is 32.2. The van der Waals surface area contributed by atoms with Crippen LogP contribution in [0.25, 0.3) is 0 Å². The Balaban J connectivity index is 1.41. The van der Waals surface area contributed by atoms with E-state index in [0.29, 0.717) is 46.1 Å². The summed E-state index contributed by atoms with van der Waals surface area (Å²) in [7, 11) is 0. The molecule has 0 saturated heterocycles. The van der Waals surface area contributed by atoms with Gasteiger partial charge in [0.05, 0.1) is 17.8 Å². The lowest BCUT2D eigenvalue weighted by atomic mass is 10.1. The van der Waals surface area contributed by atoms with Crippen LogP contribution in [0.3, 0.4) is 0 Å². The van der Waals surface area contributed by atoms with Crippen molar-refractivity contribution in [3.8, 4) is 17.2 Å². The van der Waals surface area contributed by atoms with Crippen molar-refractivity contribution in [2.75, 3.05) is 6.61 Å². The molecule has 2 amide bonds. The fourth-order valence-corrected chi connectivity index (χ4v) is 4.72. The Bertz CT molecular complexity index is 1620. The third kappa shape index (κ3) is 10.4. The van der Waals surface area contributed by atoms with Crippen LogP contribution in [0.2, 0.25) is 15.1 Å². The van der Waals surface area contributed by atoms with Crippen LogP contribution in [0, 0.1) is 0 Å². The van der Waals surface area contributed by atoms with Gasteiger partial charge in [-0.05, 0) is 79.1 Å². The number of nitrogens with one attached hydrogen (secondary N) is 2. The largest absolute Gasteiger partial charge is 0.490 e. The minimum absolute atomic E-state index is 0.233. The molecule has 2 N–H and O–H groups in total. The highest BCUT2D eigenvalue weighted by Crippen LogP contribution is 2.30. The summed E-state index contributed by atoms with van der Waals surface area (Å²) in [6.45, 7) is 4.21. The van der Waals surface area contributed by atoms with Gasteiger partial charge in [-0.15, -0.1) is 0 Å². The molecule has 0 aromatic heterocycles. The molecule has 0 aliphatic rings. The van der Waals surface area contributed by atoms with Gasteiger partial charge in [0.25, 0.3) is 11.8 Å². The quantitative estimate of drug-likeness (QED) is 0.109. The van der Waals surface area contributed by atoms with Crippen LogP contribution in [0.15, 0.2) is 96.1 Å². The van der Waals surface area contributed by atoms with E-state index in [1.54, 1.807) is 49.4 Å². The Morgan fingerprint density at radius 2 is 1.51 bits per heavy atom. The summed E-state index contributed by atoms with van der Waals surface area (Å²) in [5.41, 5.74) is 5.02. The maximum atomic E-state index is 13.2. The molecule has 0 spiro atoms. The second kappa shape index (κ2) is 16.7. The van der Waals surface area contributed by atoms with Gasteiger partial charge in [0.2, 0.25) is 0 Å². The highest BCUT2D eigenvalue weighted by molar-refractivity contribution is 6.35. The Morgan fingerprint density at radius 1 is 0.800 bits per heavy atom. The van der Waals surface area contributed by atoms with Crippen LogP contribution >= 0.6 is 34.8 Å². The molecule has 0 aliphatic carbocycles. The predicted molar refractivity (Wildman–Crippen MR) is 178 cm³/mol. The van der Waals surface area contributed by atoms with Crippen molar-refractivity contribution in [1.82, 2.24) is 10.7 Å². The van der Waals surface area contributed by atoms with Crippen molar-refractivity contribution in [3.63, 3.8) is 0 Å². The van der Waals surface area contributed by atoms with Crippen molar-refractivity contribution < 1.29 is 23.8 Å². The van der Waals surface area contributed by atoms with Crippen LogP contribution in [-0.4, -0.2) is 36.8 Å². The second-order valence-electron chi connectivity index (χ2n) is 9.87.